The van der Waals surface area contributed by atoms with Crippen LogP contribution in [-0.4, -0.2) is 82.6 Å². The molecule has 49 heavy (non-hydrogen) atoms. The highest BCUT2D eigenvalue weighted by atomic mass is 19.4. The van der Waals surface area contributed by atoms with Crippen molar-refractivity contribution in [3.05, 3.63) is 99.0 Å². The van der Waals surface area contributed by atoms with E-state index < -0.39 is 23.2 Å². The van der Waals surface area contributed by atoms with Gasteiger partial charge in [-0.1, -0.05) is 6.07 Å². The fraction of sp³-hybridized carbons (Fsp3) is 0.353. The Labute approximate surface area is 281 Å². The zero-order chi connectivity index (χ0) is 35.6. The molecule has 0 saturated heterocycles. The summed E-state index contributed by atoms with van der Waals surface area (Å²) in [5.41, 5.74) is 4.78. The summed E-state index contributed by atoms with van der Waals surface area (Å²) in [4.78, 5) is 27.1. The van der Waals surface area contributed by atoms with Gasteiger partial charge in [0.05, 0.1) is 70.1 Å². The summed E-state index contributed by atoms with van der Waals surface area (Å²) in [5.74, 6) is -0.771. The van der Waals surface area contributed by atoms with Crippen molar-refractivity contribution in [3.8, 4) is 11.8 Å². The molecule has 0 spiro atoms. The predicted octanol–water partition coefficient (Wildman–Crippen LogP) is 3.89. The molecule has 3 rings (SSSR count). The summed E-state index contributed by atoms with van der Waals surface area (Å²) in [5, 5.41) is 22.6. The van der Waals surface area contributed by atoms with E-state index in [-0.39, 0.29) is 48.0 Å². The number of allylic oxidation sites excluding steroid dienone is 1. The maximum Gasteiger partial charge on any atom is 0.416 e. The van der Waals surface area contributed by atoms with E-state index in [1.165, 1.54) is 31.2 Å². The number of ether oxygens (including phenoxy) is 4. The number of pyridine rings is 1. The topological polar surface area (TPSA) is 174 Å². The number of nitrogens with zero attached hydrogens (tertiary/aromatic N) is 2. The number of amides is 1. The fourth-order valence-electron chi connectivity index (χ4n) is 4.51. The number of hydrogen-bond acceptors (Lipinski definition) is 10. The molecule has 1 aromatic heterocycles. The van der Waals surface area contributed by atoms with Crippen LogP contribution in [0.4, 0.5) is 18.9 Å². The van der Waals surface area contributed by atoms with Crippen molar-refractivity contribution in [2.75, 3.05) is 71.3 Å². The lowest BCUT2D eigenvalue weighted by Crippen LogP contribution is -2.35. The Morgan fingerprint density at radius 3 is 2.12 bits per heavy atom. The van der Waals surface area contributed by atoms with Crippen LogP contribution in [0.2, 0.25) is 0 Å². The average molecular weight is 685 g/mol. The van der Waals surface area contributed by atoms with Gasteiger partial charge in [-0.25, -0.2) is 0 Å². The maximum absolute atomic E-state index is 13.7. The monoisotopic (exact) mass is 684 g/mol. The third kappa shape index (κ3) is 12.0. The van der Waals surface area contributed by atoms with Crippen molar-refractivity contribution in [1.29, 1.82) is 10.7 Å². The molecule has 0 radical (unpaired) electrons. The second kappa shape index (κ2) is 19.8. The maximum atomic E-state index is 13.7. The molecule has 5 N–H and O–H groups in total. The SMILES string of the molecule is Cc1c(/C(=C/C=N)Nc2ccc(C#N)cc2)cc(C(=O)NCCOCCOCCOCCOCCN)c(=O)n1-c1cccc(C(F)(F)F)c1. The number of hydrogen-bond donors (Lipinski definition) is 4. The average Bonchev–Trinajstić information content (AvgIpc) is 3.08. The zero-order valence-corrected chi connectivity index (χ0v) is 27.0. The van der Waals surface area contributed by atoms with Gasteiger partial charge in [-0.05, 0) is 61.5 Å². The third-order valence-corrected chi connectivity index (χ3v) is 6.87. The van der Waals surface area contributed by atoms with Crippen molar-refractivity contribution < 1.29 is 36.9 Å². The Balaban J connectivity index is 1.77. The van der Waals surface area contributed by atoms with E-state index in [1.807, 2.05) is 6.07 Å². The largest absolute Gasteiger partial charge is 0.416 e. The van der Waals surface area contributed by atoms with Crippen molar-refractivity contribution in [2.24, 2.45) is 5.73 Å². The van der Waals surface area contributed by atoms with Crippen LogP contribution in [0.15, 0.2) is 65.5 Å². The summed E-state index contributed by atoms with van der Waals surface area (Å²) in [6.07, 6.45) is -2.31. The number of benzene rings is 2. The highest BCUT2D eigenvalue weighted by Crippen LogP contribution is 2.31. The first-order valence-corrected chi connectivity index (χ1v) is 15.3. The summed E-state index contributed by atoms with van der Waals surface area (Å²) in [6, 6.07) is 14.0. The number of carbonyl (C=O) groups is 1. The highest BCUT2D eigenvalue weighted by Gasteiger charge is 2.31. The molecule has 15 heteroatoms. The number of halogens is 3. The number of carbonyl (C=O) groups excluding carboxylic acids is 1. The van der Waals surface area contributed by atoms with E-state index in [4.69, 9.17) is 35.4 Å². The molecule has 12 nitrogen and oxygen atoms in total. The van der Waals surface area contributed by atoms with E-state index in [0.29, 0.717) is 57.4 Å². The molecular weight excluding hydrogens is 645 g/mol. The Kier molecular flexibility index (Phi) is 15.6. The van der Waals surface area contributed by atoms with E-state index >= 15 is 0 Å². The molecule has 3 aromatic rings. The first-order valence-electron chi connectivity index (χ1n) is 15.3. The van der Waals surface area contributed by atoms with Gasteiger partial charge >= 0.3 is 6.18 Å². The first kappa shape index (κ1) is 38.6. The van der Waals surface area contributed by atoms with Crippen LogP contribution >= 0.6 is 0 Å². The van der Waals surface area contributed by atoms with Crippen molar-refractivity contribution >= 4 is 23.5 Å². The van der Waals surface area contributed by atoms with Gasteiger partial charge < -0.3 is 40.7 Å². The standard InChI is InChI=1S/C34H39F3N6O6/c1-24-29(31(9-10-38)42-27-7-5-25(23-40)6-8-27)22-30(33(45)43(24)28-4-2-3-26(21-28)34(35,36)37)32(44)41-12-14-47-16-18-49-20-19-48-17-15-46-13-11-39/h2-10,21-22,38,42H,11-20,39H2,1H3,(H,41,44)/b31-9-,38-10?. The van der Waals surface area contributed by atoms with Crippen molar-refractivity contribution in [1.82, 2.24) is 9.88 Å². The Morgan fingerprint density at radius 1 is 0.939 bits per heavy atom. The van der Waals surface area contributed by atoms with E-state index in [2.05, 4.69) is 10.6 Å². The molecule has 0 saturated carbocycles. The molecule has 0 atom stereocenters. The Morgan fingerprint density at radius 2 is 1.55 bits per heavy atom. The van der Waals surface area contributed by atoms with Crippen LogP contribution in [0.5, 0.6) is 0 Å². The summed E-state index contributed by atoms with van der Waals surface area (Å²) in [6.45, 7) is 4.75. The molecular formula is C34H39F3N6O6. The van der Waals surface area contributed by atoms with E-state index in [0.717, 1.165) is 22.9 Å². The molecule has 262 valence electrons. The minimum absolute atomic E-state index is 0.0314. The lowest BCUT2D eigenvalue weighted by Gasteiger charge is -2.20. The molecule has 0 aliphatic rings. The third-order valence-electron chi connectivity index (χ3n) is 6.87. The number of anilines is 1. The van der Waals surface area contributed by atoms with Crippen molar-refractivity contribution in [3.63, 3.8) is 0 Å². The molecule has 0 aliphatic heterocycles. The van der Waals surface area contributed by atoms with Crippen LogP contribution < -0.4 is 21.9 Å². The number of rotatable bonds is 20. The molecule has 0 bridgehead atoms. The minimum atomic E-state index is -4.67. The van der Waals surface area contributed by atoms with Crippen LogP contribution in [-0.2, 0) is 25.1 Å². The predicted molar refractivity (Wildman–Crippen MR) is 178 cm³/mol. The van der Waals surface area contributed by atoms with Gasteiger partial charge in [-0.15, -0.1) is 0 Å². The first-order chi connectivity index (χ1) is 23.6. The fourth-order valence-corrected chi connectivity index (χ4v) is 4.51. The Hall–Kier alpha value is -4.85. The van der Waals surface area contributed by atoms with Gasteiger partial charge in [-0.3, -0.25) is 14.2 Å². The van der Waals surface area contributed by atoms with Crippen LogP contribution in [0.25, 0.3) is 11.4 Å². The second-order valence-corrected chi connectivity index (χ2v) is 10.3. The van der Waals surface area contributed by atoms with Crippen LogP contribution in [0, 0.1) is 23.7 Å². The van der Waals surface area contributed by atoms with Gasteiger partial charge in [0.1, 0.15) is 5.56 Å². The smallest absolute Gasteiger partial charge is 0.378 e. The number of nitrogens with one attached hydrogen (secondary N) is 3. The molecule has 1 heterocycles. The summed E-state index contributed by atoms with van der Waals surface area (Å²) < 4.78 is 63.4. The van der Waals surface area contributed by atoms with E-state index in [1.54, 1.807) is 24.3 Å². The second-order valence-electron chi connectivity index (χ2n) is 10.3. The number of nitrogens with two attached hydrogens (primary N) is 1. The van der Waals surface area contributed by atoms with Crippen LogP contribution in [0.3, 0.4) is 0 Å². The minimum Gasteiger partial charge on any atom is -0.378 e. The van der Waals surface area contributed by atoms with Gasteiger partial charge in [0, 0.05) is 47.6 Å². The molecule has 0 aliphatic carbocycles. The quantitative estimate of drug-likeness (QED) is 0.102. The van der Waals surface area contributed by atoms with Crippen LogP contribution in [0.1, 0.15) is 32.7 Å². The molecule has 1 amide bonds. The van der Waals surface area contributed by atoms with E-state index in [9.17, 15) is 22.8 Å². The lowest BCUT2D eigenvalue weighted by molar-refractivity contribution is -0.137. The number of nitriles is 1. The normalized spacial score (nSPS) is 11.6. The lowest BCUT2D eigenvalue weighted by atomic mass is 10.0. The number of aromatic nitrogens is 1. The zero-order valence-electron chi connectivity index (χ0n) is 27.0. The highest BCUT2D eigenvalue weighted by molar-refractivity contribution is 5.96. The van der Waals surface area contributed by atoms with Crippen molar-refractivity contribution in [2.45, 2.75) is 13.1 Å². The molecule has 0 fully saturated rings. The summed E-state index contributed by atoms with van der Waals surface area (Å²) >= 11 is 0. The van der Waals surface area contributed by atoms with Gasteiger partial charge in [0.25, 0.3) is 11.5 Å². The number of alkyl halides is 3. The summed E-state index contributed by atoms with van der Waals surface area (Å²) in [7, 11) is 0. The van der Waals surface area contributed by atoms with Gasteiger partial charge in [-0.2, -0.15) is 18.4 Å². The Bertz CT molecular complexity index is 1670. The molecule has 2 aromatic carbocycles. The van der Waals surface area contributed by atoms with Gasteiger partial charge in [0.2, 0.25) is 0 Å². The van der Waals surface area contributed by atoms with Gasteiger partial charge in [0.15, 0.2) is 0 Å². The molecule has 0 unspecified atom stereocenters.